The Hall–Kier alpha value is -1.30. The lowest BCUT2D eigenvalue weighted by Crippen LogP contribution is -2.45. The van der Waals surface area contributed by atoms with E-state index in [4.69, 9.17) is 9.47 Å². The molecule has 0 spiro atoms. The number of nitrogens with one attached hydrogen (secondary N) is 1. The Morgan fingerprint density at radius 2 is 1.80 bits per heavy atom. The van der Waals surface area contributed by atoms with Crippen molar-refractivity contribution in [1.82, 2.24) is 10.2 Å². The number of likely N-dealkylation sites (tertiary alicyclic amines) is 1. The number of amides is 1. The first-order chi connectivity index (χ1) is 9.23. The summed E-state index contributed by atoms with van der Waals surface area (Å²) in [7, 11) is 3.38. The van der Waals surface area contributed by atoms with E-state index < -0.39 is 11.7 Å². The highest BCUT2D eigenvalue weighted by Crippen LogP contribution is 2.20. The van der Waals surface area contributed by atoms with E-state index in [1.807, 2.05) is 27.8 Å². The average Bonchev–Trinajstić information content (AvgIpc) is 2.49. The molecule has 0 aliphatic carbocycles. The third-order valence-electron chi connectivity index (χ3n) is 3.34. The van der Waals surface area contributed by atoms with Crippen molar-refractivity contribution in [2.24, 2.45) is 5.92 Å². The Kier molecular flexibility index (Phi) is 5.80. The van der Waals surface area contributed by atoms with Crippen molar-refractivity contribution in [1.29, 1.82) is 0 Å². The van der Waals surface area contributed by atoms with Crippen LogP contribution in [-0.2, 0) is 14.3 Å². The standard InChI is InChI=1S/C14H26N2O4/c1-14(2,3)20-13(18)15-11-7-9-16(4)8-6-10(11)12(17)19-5/h10-11H,6-9H2,1-5H3,(H,15,18). The van der Waals surface area contributed by atoms with Crippen LogP contribution >= 0.6 is 0 Å². The number of hydrogen-bond acceptors (Lipinski definition) is 5. The van der Waals surface area contributed by atoms with Gasteiger partial charge in [-0.3, -0.25) is 4.79 Å². The first-order valence-corrected chi connectivity index (χ1v) is 6.99. The second-order valence-electron chi connectivity index (χ2n) is 6.26. The number of carbonyl (C=O) groups excluding carboxylic acids is 2. The molecule has 1 rings (SSSR count). The molecule has 6 nitrogen and oxygen atoms in total. The predicted molar refractivity (Wildman–Crippen MR) is 75.4 cm³/mol. The fourth-order valence-electron chi connectivity index (χ4n) is 2.30. The first-order valence-electron chi connectivity index (χ1n) is 6.99. The van der Waals surface area contributed by atoms with Crippen LogP contribution in [0, 0.1) is 5.92 Å². The molecular weight excluding hydrogens is 260 g/mol. The summed E-state index contributed by atoms with van der Waals surface area (Å²) in [6, 6.07) is -0.248. The van der Waals surface area contributed by atoms with Crippen LogP contribution in [0.5, 0.6) is 0 Å². The molecule has 1 fully saturated rings. The Balaban J connectivity index is 2.70. The third-order valence-corrected chi connectivity index (χ3v) is 3.34. The topological polar surface area (TPSA) is 67.9 Å². The monoisotopic (exact) mass is 286 g/mol. The largest absolute Gasteiger partial charge is 0.469 e. The molecule has 2 unspecified atom stereocenters. The van der Waals surface area contributed by atoms with Gasteiger partial charge in [0.15, 0.2) is 0 Å². The minimum atomic E-state index is -0.549. The van der Waals surface area contributed by atoms with Gasteiger partial charge in [-0.15, -0.1) is 0 Å². The van der Waals surface area contributed by atoms with Crippen LogP contribution < -0.4 is 5.32 Å². The predicted octanol–water partition coefficient (Wildman–Crippen LogP) is 1.39. The van der Waals surface area contributed by atoms with E-state index in [0.717, 1.165) is 13.1 Å². The van der Waals surface area contributed by atoms with Gasteiger partial charge in [0.25, 0.3) is 0 Å². The molecule has 0 aromatic rings. The summed E-state index contributed by atoms with van der Waals surface area (Å²) >= 11 is 0. The summed E-state index contributed by atoms with van der Waals surface area (Å²) in [6.45, 7) is 7.07. The molecule has 2 atom stereocenters. The van der Waals surface area contributed by atoms with Gasteiger partial charge in [-0.05, 0) is 53.8 Å². The Morgan fingerprint density at radius 3 is 2.35 bits per heavy atom. The highest BCUT2D eigenvalue weighted by molar-refractivity contribution is 5.75. The highest BCUT2D eigenvalue weighted by Gasteiger charge is 2.33. The van der Waals surface area contributed by atoms with E-state index in [9.17, 15) is 9.59 Å². The molecule has 1 amide bonds. The minimum Gasteiger partial charge on any atom is -0.469 e. The van der Waals surface area contributed by atoms with Crippen LogP contribution in [-0.4, -0.2) is 55.9 Å². The summed E-state index contributed by atoms with van der Waals surface area (Å²) in [6.07, 6.45) is 0.889. The zero-order valence-corrected chi connectivity index (χ0v) is 13.1. The number of methoxy groups -OCH3 is 1. The molecule has 0 aromatic carbocycles. The number of nitrogens with zero attached hydrogens (tertiary/aromatic N) is 1. The van der Waals surface area contributed by atoms with Gasteiger partial charge in [-0.25, -0.2) is 4.79 Å². The van der Waals surface area contributed by atoms with Gasteiger partial charge in [0.05, 0.1) is 13.0 Å². The lowest BCUT2D eigenvalue weighted by Gasteiger charge is -2.26. The van der Waals surface area contributed by atoms with E-state index >= 15 is 0 Å². The molecular formula is C14H26N2O4. The fourth-order valence-corrected chi connectivity index (χ4v) is 2.30. The molecule has 6 heteroatoms. The molecule has 1 saturated heterocycles. The van der Waals surface area contributed by atoms with Gasteiger partial charge in [-0.1, -0.05) is 0 Å². The van der Waals surface area contributed by atoms with Crippen molar-refractivity contribution < 1.29 is 19.1 Å². The van der Waals surface area contributed by atoms with E-state index in [2.05, 4.69) is 10.2 Å². The van der Waals surface area contributed by atoms with Crippen LogP contribution in [0.1, 0.15) is 33.6 Å². The quantitative estimate of drug-likeness (QED) is 0.777. The van der Waals surface area contributed by atoms with Gasteiger partial charge < -0.3 is 19.7 Å². The minimum absolute atomic E-state index is 0.248. The summed E-state index contributed by atoms with van der Waals surface area (Å²) in [5, 5.41) is 2.81. The summed E-state index contributed by atoms with van der Waals surface area (Å²) in [5.41, 5.74) is -0.549. The van der Waals surface area contributed by atoms with Gasteiger partial charge in [0.1, 0.15) is 5.60 Å². The second-order valence-corrected chi connectivity index (χ2v) is 6.26. The van der Waals surface area contributed by atoms with E-state index in [-0.39, 0.29) is 17.9 Å². The molecule has 0 aromatic heterocycles. The maximum Gasteiger partial charge on any atom is 0.407 e. The molecule has 0 bridgehead atoms. The molecule has 20 heavy (non-hydrogen) atoms. The van der Waals surface area contributed by atoms with E-state index in [1.165, 1.54) is 7.11 Å². The van der Waals surface area contributed by atoms with Crippen molar-refractivity contribution >= 4 is 12.1 Å². The number of carbonyl (C=O) groups is 2. The van der Waals surface area contributed by atoms with Crippen LogP contribution in [0.4, 0.5) is 4.79 Å². The molecule has 1 aliphatic rings. The Morgan fingerprint density at radius 1 is 1.20 bits per heavy atom. The van der Waals surface area contributed by atoms with Gasteiger partial charge in [-0.2, -0.15) is 0 Å². The van der Waals surface area contributed by atoms with Crippen LogP contribution in [0.3, 0.4) is 0 Å². The molecule has 1 aliphatic heterocycles. The number of esters is 1. The number of alkyl carbamates (subject to hydrolysis) is 1. The summed E-state index contributed by atoms with van der Waals surface area (Å²) < 4.78 is 10.1. The van der Waals surface area contributed by atoms with Gasteiger partial charge in [0, 0.05) is 6.04 Å². The number of rotatable bonds is 2. The molecule has 1 heterocycles. The van der Waals surface area contributed by atoms with Crippen molar-refractivity contribution in [2.45, 2.75) is 45.3 Å². The number of hydrogen-bond donors (Lipinski definition) is 1. The zero-order chi connectivity index (χ0) is 15.3. The van der Waals surface area contributed by atoms with E-state index in [1.54, 1.807) is 0 Å². The Bertz CT molecular complexity index is 352. The third kappa shape index (κ3) is 5.36. The molecule has 0 radical (unpaired) electrons. The lowest BCUT2D eigenvalue weighted by molar-refractivity contribution is -0.146. The normalized spacial score (nSPS) is 24.6. The summed E-state index contributed by atoms with van der Waals surface area (Å²) in [4.78, 5) is 25.9. The molecule has 1 N–H and O–H groups in total. The fraction of sp³-hybridized carbons (Fsp3) is 0.857. The SMILES string of the molecule is COC(=O)C1CCN(C)CCC1NC(=O)OC(C)(C)C. The molecule has 0 saturated carbocycles. The van der Waals surface area contributed by atoms with Gasteiger partial charge >= 0.3 is 12.1 Å². The van der Waals surface area contributed by atoms with Gasteiger partial charge in [0.2, 0.25) is 0 Å². The zero-order valence-electron chi connectivity index (χ0n) is 13.1. The van der Waals surface area contributed by atoms with E-state index in [0.29, 0.717) is 12.8 Å². The summed E-state index contributed by atoms with van der Waals surface area (Å²) in [5.74, 6) is -0.598. The maximum atomic E-state index is 11.9. The maximum absolute atomic E-state index is 11.9. The smallest absolute Gasteiger partial charge is 0.407 e. The lowest BCUT2D eigenvalue weighted by atomic mass is 9.95. The van der Waals surface area contributed by atoms with Crippen molar-refractivity contribution in [3.63, 3.8) is 0 Å². The van der Waals surface area contributed by atoms with Crippen molar-refractivity contribution in [3.05, 3.63) is 0 Å². The highest BCUT2D eigenvalue weighted by atomic mass is 16.6. The number of ether oxygens (including phenoxy) is 2. The average molecular weight is 286 g/mol. The molecule has 116 valence electrons. The van der Waals surface area contributed by atoms with Crippen molar-refractivity contribution in [2.75, 3.05) is 27.2 Å². The van der Waals surface area contributed by atoms with Crippen LogP contribution in [0.15, 0.2) is 0 Å². The Labute approximate surface area is 120 Å². The second kappa shape index (κ2) is 6.92. The van der Waals surface area contributed by atoms with Crippen molar-refractivity contribution in [3.8, 4) is 0 Å². The van der Waals surface area contributed by atoms with Crippen LogP contribution in [0.2, 0.25) is 0 Å². The van der Waals surface area contributed by atoms with Crippen LogP contribution in [0.25, 0.3) is 0 Å². The first kappa shape index (κ1) is 16.8.